The number of benzene rings is 1. The molecular formula is C24H32N2O2. The lowest BCUT2D eigenvalue weighted by Gasteiger charge is -2.40. The zero-order valence-electron chi connectivity index (χ0n) is 16.9. The second kappa shape index (κ2) is 7.20. The predicted octanol–water partition coefficient (Wildman–Crippen LogP) is 3.85. The van der Waals surface area contributed by atoms with E-state index in [1.807, 2.05) is 0 Å². The van der Waals surface area contributed by atoms with Gasteiger partial charge in [0.1, 0.15) is 0 Å². The number of nitrogens with zero attached hydrogens (tertiary/aromatic N) is 2. The summed E-state index contributed by atoms with van der Waals surface area (Å²) in [6, 6.07) is 8.81. The molecule has 0 radical (unpaired) electrons. The lowest BCUT2D eigenvalue weighted by molar-refractivity contribution is -0.133. The molecule has 28 heavy (non-hydrogen) atoms. The summed E-state index contributed by atoms with van der Waals surface area (Å²) in [7, 11) is 0. The van der Waals surface area contributed by atoms with Crippen LogP contribution in [-0.4, -0.2) is 47.8 Å². The lowest BCUT2D eigenvalue weighted by atomic mass is 9.73. The fraction of sp³-hybridized carbons (Fsp3) is 0.667. The zero-order chi connectivity index (χ0) is 19.1. The molecule has 0 bridgehead atoms. The Morgan fingerprint density at radius 2 is 1.54 bits per heavy atom. The zero-order valence-corrected chi connectivity index (χ0v) is 16.9. The molecule has 1 unspecified atom stereocenters. The number of hydrogen-bond acceptors (Lipinski definition) is 2. The highest BCUT2D eigenvalue weighted by Crippen LogP contribution is 2.53. The third kappa shape index (κ3) is 3.35. The average molecular weight is 381 g/mol. The summed E-state index contributed by atoms with van der Waals surface area (Å²) in [5.74, 6) is 1.71. The molecule has 3 fully saturated rings. The van der Waals surface area contributed by atoms with Crippen LogP contribution >= 0.6 is 0 Å². The second-order valence-corrected chi connectivity index (χ2v) is 9.59. The summed E-state index contributed by atoms with van der Waals surface area (Å²) in [4.78, 5) is 29.5. The highest BCUT2D eigenvalue weighted by Gasteiger charge is 2.46. The summed E-state index contributed by atoms with van der Waals surface area (Å²) in [5, 5.41) is 0. The van der Waals surface area contributed by atoms with Gasteiger partial charge in [0.05, 0.1) is 0 Å². The van der Waals surface area contributed by atoms with Gasteiger partial charge in [-0.15, -0.1) is 0 Å². The number of carbonyl (C=O) groups excluding carboxylic acids is 2. The lowest BCUT2D eigenvalue weighted by Crippen LogP contribution is -2.44. The number of piperidine rings is 1. The molecule has 4 aliphatic rings. The normalized spacial score (nSPS) is 25.9. The van der Waals surface area contributed by atoms with Gasteiger partial charge < -0.3 is 9.80 Å². The molecule has 4 nitrogen and oxygen atoms in total. The fourth-order valence-electron chi connectivity index (χ4n) is 5.87. The molecule has 150 valence electrons. The molecule has 1 atom stereocenters. The largest absolute Gasteiger partial charge is 0.343 e. The monoisotopic (exact) mass is 380 g/mol. The van der Waals surface area contributed by atoms with Crippen LogP contribution < -0.4 is 0 Å². The molecule has 0 aromatic heterocycles. The molecule has 1 saturated carbocycles. The maximum atomic E-state index is 12.8. The number of fused-ring (bicyclic) bond motifs is 2. The van der Waals surface area contributed by atoms with E-state index in [0.717, 1.165) is 64.7 Å². The van der Waals surface area contributed by atoms with Crippen molar-refractivity contribution < 1.29 is 9.59 Å². The van der Waals surface area contributed by atoms with E-state index in [1.54, 1.807) is 0 Å². The van der Waals surface area contributed by atoms with Crippen molar-refractivity contribution >= 4 is 11.8 Å². The van der Waals surface area contributed by atoms with Gasteiger partial charge >= 0.3 is 0 Å². The van der Waals surface area contributed by atoms with E-state index in [4.69, 9.17) is 0 Å². The van der Waals surface area contributed by atoms with E-state index < -0.39 is 0 Å². The maximum Gasteiger partial charge on any atom is 0.223 e. The number of likely N-dealkylation sites (tertiary alicyclic amines) is 2. The molecule has 5 rings (SSSR count). The van der Waals surface area contributed by atoms with Gasteiger partial charge in [-0.05, 0) is 73.3 Å². The minimum Gasteiger partial charge on any atom is -0.343 e. The van der Waals surface area contributed by atoms with Crippen LogP contribution in [0.4, 0.5) is 0 Å². The van der Waals surface area contributed by atoms with Crippen LogP contribution in [0, 0.1) is 5.92 Å². The summed E-state index contributed by atoms with van der Waals surface area (Å²) >= 11 is 0. The van der Waals surface area contributed by atoms with Gasteiger partial charge in [0.15, 0.2) is 0 Å². The van der Waals surface area contributed by atoms with E-state index in [-0.39, 0.29) is 5.41 Å². The number of amides is 2. The minimum atomic E-state index is 0.170. The fourth-order valence-corrected chi connectivity index (χ4v) is 5.87. The van der Waals surface area contributed by atoms with E-state index >= 15 is 0 Å². The number of carbonyl (C=O) groups is 2. The summed E-state index contributed by atoms with van der Waals surface area (Å²) < 4.78 is 0. The van der Waals surface area contributed by atoms with Gasteiger partial charge in [0.25, 0.3) is 0 Å². The van der Waals surface area contributed by atoms with Crippen molar-refractivity contribution in [2.45, 2.75) is 69.1 Å². The number of hydrogen-bond donors (Lipinski definition) is 0. The first kappa shape index (κ1) is 18.2. The van der Waals surface area contributed by atoms with Crippen LogP contribution in [0.25, 0.3) is 0 Å². The van der Waals surface area contributed by atoms with E-state index in [2.05, 4.69) is 34.1 Å². The van der Waals surface area contributed by atoms with Crippen LogP contribution in [0.15, 0.2) is 24.3 Å². The maximum absolute atomic E-state index is 12.8. The topological polar surface area (TPSA) is 40.6 Å². The smallest absolute Gasteiger partial charge is 0.223 e. The molecule has 2 amide bonds. The Morgan fingerprint density at radius 1 is 0.893 bits per heavy atom. The molecular weight excluding hydrogens is 348 g/mol. The SMILES string of the molecule is O=C(CC1CC1)N1CCC2(CC1)CC(CC(=O)N1CCCC1)c1ccccc12. The van der Waals surface area contributed by atoms with Crippen molar-refractivity contribution in [2.24, 2.45) is 5.92 Å². The Morgan fingerprint density at radius 3 is 2.25 bits per heavy atom. The van der Waals surface area contributed by atoms with E-state index in [1.165, 1.54) is 24.0 Å². The summed E-state index contributed by atoms with van der Waals surface area (Å²) in [5.41, 5.74) is 3.03. The summed E-state index contributed by atoms with van der Waals surface area (Å²) in [6.07, 6.45) is 9.39. The first-order valence-corrected chi connectivity index (χ1v) is 11.3. The van der Waals surface area contributed by atoms with Gasteiger partial charge in [-0.2, -0.15) is 0 Å². The molecule has 2 heterocycles. The second-order valence-electron chi connectivity index (χ2n) is 9.59. The molecule has 2 aliphatic carbocycles. The van der Waals surface area contributed by atoms with Gasteiger partial charge in [-0.25, -0.2) is 0 Å². The third-order valence-corrected chi connectivity index (χ3v) is 7.72. The van der Waals surface area contributed by atoms with E-state index in [9.17, 15) is 9.59 Å². The van der Waals surface area contributed by atoms with Crippen molar-refractivity contribution in [2.75, 3.05) is 26.2 Å². The molecule has 1 aromatic rings. The van der Waals surface area contributed by atoms with Crippen molar-refractivity contribution in [1.29, 1.82) is 0 Å². The van der Waals surface area contributed by atoms with Gasteiger partial charge in [-0.3, -0.25) is 9.59 Å². The van der Waals surface area contributed by atoms with Crippen molar-refractivity contribution in [3.63, 3.8) is 0 Å². The molecule has 4 heteroatoms. The molecule has 0 N–H and O–H groups in total. The Kier molecular flexibility index (Phi) is 4.68. The van der Waals surface area contributed by atoms with Crippen LogP contribution in [-0.2, 0) is 15.0 Å². The van der Waals surface area contributed by atoms with Crippen LogP contribution in [0.1, 0.15) is 74.8 Å². The standard InChI is InChI=1S/C24H32N2O2/c27-22(15-18-7-8-18)26-13-9-24(10-14-26)17-19(20-5-1-2-6-21(20)24)16-23(28)25-11-3-4-12-25/h1-2,5-6,18-19H,3-4,7-17H2. The molecule has 2 aliphatic heterocycles. The van der Waals surface area contributed by atoms with Crippen LogP contribution in [0.5, 0.6) is 0 Å². The Labute approximate surface area is 168 Å². The Bertz CT molecular complexity index is 756. The highest BCUT2D eigenvalue weighted by atomic mass is 16.2. The van der Waals surface area contributed by atoms with E-state index in [0.29, 0.717) is 30.1 Å². The van der Waals surface area contributed by atoms with Gasteiger partial charge in [0, 0.05) is 39.0 Å². The van der Waals surface area contributed by atoms with Crippen molar-refractivity contribution in [3.8, 4) is 0 Å². The highest BCUT2D eigenvalue weighted by molar-refractivity contribution is 5.78. The van der Waals surface area contributed by atoms with Crippen molar-refractivity contribution in [3.05, 3.63) is 35.4 Å². The first-order valence-electron chi connectivity index (χ1n) is 11.3. The minimum absolute atomic E-state index is 0.170. The molecule has 1 aromatic carbocycles. The van der Waals surface area contributed by atoms with Gasteiger partial charge in [-0.1, -0.05) is 24.3 Å². The van der Waals surface area contributed by atoms with Gasteiger partial charge in [0.2, 0.25) is 11.8 Å². The van der Waals surface area contributed by atoms with Crippen LogP contribution in [0.3, 0.4) is 0 Å². The van der Waals surface area contributed by atoms with Crippen molar-refractivity contribution in [1.82, 2.24) is 9.80 Å². The number of rotatable bonds is 4. The third-order valence-electron chi connectivity index (χ3n) is 7.72. The Hall–Kier alpha value is -1.84. The predicted molar refractivity (Wildman–Crippen MR) is 109 cm³/mol. The quantitative estimate of drug-likeness (QED) is 0.796. The average Bonchev–Trinajstić information content (AvgIpc) is 3.26. The molecule has 1 spiro atoms. The summed E-state index contributed by atoms with van der Waals surface area (Å²) in [6.45, 7) is 3.65. The first-order chi connectivity index (χ1) is 13.6. The Balaban J connectivity index is 1.29. The van der Waals surface area contributed by atoms with Crippen LogP contribution in [0.2, 0.25) is 0 Å². The molecule has 2 saturated heterocycles.